The number of carbonyl (C=O) groups excluding carboxylic acids is 1. The quantitative estimate of drug-likeness (QED) is 0.505. The van der Waals surface area contributed by atoms with Crippen molar-refractivity contribution >= 4 is 23.9 Å². The Morgan fingerprint density at radius 3 is 2.82 bits per heavy atom. The summed E-state index contributed by atoms with van der Waals surface area (Å²) in [6.45, 7) is 4.25. The Hall–Kier alpha value is -2.15. The number of amides is 1. The summed E-state index contributed by atoms with van der Waals surface area (Å²) in [4.78, 5) is 12.7. The fraction of sp³-hybridized carbons (Fsp3) is 0.267. The average Bonchev–Trinajstić information content (AvgIpc) is 2.87. The van der Waals surface area contributed by atoms with E-state index in [4.69, 9.17) is 0 Å². The Labute approximate surface area is 132 Å². The Bertz CT molecular complexity index is 667. The maximum absolute atomic E-state index is 13.7. The lowest BCUT2D eigenvalue weighted by Gasteiger charge is -2.01. The molecule has 0 radical (unpaired) electrons. The highest BCUT2D eigenvalue weighted by molar-refractivity contribution is 8.00. The van der Waals surface area contributed by atoms with E-state index in [1.807, 2.05) is 31.2 Å². The minimum absolute atomic E-state index is 0.244. The summed E-state index contributed by atoms with van der Waals surface area (Å²) in [7, 11) is 0. The van der Waals surface area contributed by atoms with Gasteiger partial charge in [0, 0.05) is 11.4 Å². The summed E-state index contributed by atoms with van der Waals surface area (Å²) in [6, 6.07) is 7.91. The number of carbonyl (C=O) groups is 1. The maximum Gasteiger partial charge on any atom is 0.250 e. The average molecular weight is 320 g/mol. The third kappa shape index (κ3) is 4.42. The second-order valence-corrected chi connectivity index (χ2v) is 5.65. The van der Waals surface area contributed by atoms with Gasteiger partial charge < -0.3 is 0 Å². The number of thioether (sulfide) groups is 1. The molecular formula is C15H17FN4OS. The molecule has 2 rings (SSSR count). The molecule has 5 nitrogen and oxygen atoms in total. The molecule has 0 aliphatic rings. The highest BCUT2D eigenvalue weighted by atomic mass is 32.2. The largest absolute Gasteiger partial charge is 0.272 e. The van der Waals surface area contributed by atoms with E-state index in [-0.39, 0.29) is 17.2 Å². The van der Waals surface area contributed by atoms with Gasteiger partial charge in [0.25, 0.3) is 0 Å². The van der Waals surface area contributed by atoms with Crippen molar-refractivity contribution < 1.29 is 9.18 Å². The molecule has 0 saturated carbocycles. The van der Waals surface area contributed by atoms with Crippen molar-refractivity contribution in [3.63, 3.8) is 0 Å². The molecule has 0 atom stereocenters. The number of nitrogens with zero attached hydrogens (tertiary/aromatic N) is 3. The van der Waals surface area contributed by atoms with Crippen molar-refractivity contribution in [2.75, 3.05) is 5.75 Å². The van der Waals surface area contributed by atoms with Gasteiger partial charge in [-0.1, -0.05) is 17.7 Å². The molecule has 0 bridgehead atoms. The van der Waals surface area contributed by atoms with Crippen LogP contribution in [-0.4, -0.2) is 27.7 Å². The first kappa shape index (κ1) is 16.2. The molecule has 0 aliphatic carbocycles. The van der Waals surface area contributed by atoms with Crippen LogP contribution >= 0.6 is 11.8 Å². The van der Waals surface area contributed by atoms with Crippen molar-refractivity contribution in [2.45, 2.75) is 25.3 Å². The molecule has 0 spiro atoms. The van der Waals surface area contributed by atoms with Gasteiger partial charge in [0.05, 0.1) is 23.7 Å². The van der Waals surface area contributed by atoms with Crippen LogP contribution in [0.1, 0.15) is 18.1 Å². The molecule has 0 saturated heterocycles. The van der Waals surface area contributed by atoms with Crippen LogP contribution in [0.5, 0.6) is 0 Å². The van der Waals surface area contributed by atoms with Crippen LogP contribution in [0.4, 0.5) is 4.39 Å². The van der Waals surface area contributed by atoms with Crippen molar-refractivity contribution in [3.05, 3.63) is 47.5 Å². The lowest BCUT2D eigenvalue weighted by molar-refractivity contribution is -0.118. The topological polar surface area (TPSA) is 59.3 Å². The summed E-state index contributed by atoms with van der Waals surface area (Å²) in [5.41, 5.74) is 3.79. The first-order valence-corrected chi connectivity index (χ1v) is 7.81. The Balaban J connectivity index is 1.80. The number of aryl methyl sites for hydroxylation is 2. The standard InChI is InChI=1S/C15H17FN4OS/c1-3-20-15(16)12(9-18-20)8-17-19-14(21)10-22-13-6-4-11(2)5-7-13/h4-9H,3,10H2,1-2H3,(H,19,21)/b17-8+. The van der Waals surface area contributed by atoms with Gasteiger partial charge in [-0.2, -0.15) is 14.6 Å². The summed E-state index contributed by atoms with van der Waals surface area (Å²) in [6.07, 6.45) is 2.62. The number of rotatable bonds is 6. The highest BCUT2D eigenvalue weighted by Gasteiger charge is 2.07. The van der Waals surface area contributed by atoms with Gasteiger partial charge in [-0.25, -0.2) is 10.1 Å². The summed E-state index contributed by atoms with van der Waals surface area (Å²) >= 11 is 1.42. The van der Waals surface area contributed by atoms with Crippen LogP contribution in [0.2, 0.25) is 0 Å². The summed E-state index contributed by atoms with van der Waals surface area (Å²) < 4.78 is 14.9. The number of hydrogen-bond acceptors (Lipinski definition) is 4. The van der Waals surface area contributed by atoms with Gasteiger partial charge in [-0.3, -0.25) is 4.79 Å². The molecule has 22 heavy (non-hydrogen) atoms. The number of halogens is 1. The zero-order valence-corrected chi connectivity index (χ0v) is 13.2. The Morgan fingerprint density at radius 2 is 2.18 bits per heavy atom. The van der Waals surface area contributed by atoms with E-state index in [1.54, 1.807) is 6.92 Å². The predicted octanol–water partition coefficient (Wildman–Crippen LogP) is 2.59. The number of aromatic nitrogens is 2. The van der Waals surface area contributed by atoms with Gasteiger partial charge in [0.15, 0.2) is 0 Å². The van der Waals surface area contributed by atoms with Crippen LogP contribution in [0.25, 0.3) is 0 Å². The second-order valence-electron chi connectivity index (χ2n) is 4.60. The van der Waals surface area contributed by atoms with Gasteiger partial charge >= 0.3 is 0 Å². The van der Waals surface area contributed by atoms with Crippen molar-refractivity contribution in [2.24, 2.45) is 5.10 Å². The minimum Gasteiger partial charge on any atom is -0.272 e. The van der Waals surface area contributed by atoms with E-state index in [0.717, 1.165) is 4.90 Å². The Kier molecular flexibility index (Phi) is 5.71. The van der Waals surface area contributed by atoms with Gasteiger partial charge in [-0.15, -0.1) is 11.8 Å². The van der Waals surface area contributed by atoms with Crippen LogP contribution in [0.15, 0.2) is 40.5 Å². The van der Waals surface area contributed by atoms with Crippen LogP contribution < -0.4 is 5.43 Å². The van der Waals surface area contributed by atoms with Crippen LogP contribution in [0, 0.1) is 12.9 Å². The monoisotopic (exact) mass is 320 g/mol. The second kappa shape index (κ2) is 7.74. The van der Waals surface area contributed by atoms with Gasteiger partial charge in [0.2, 0.25) is 11.9 Å². The van der Waals surface area contributed by atoms with E-state index in [1.165, 1.54) is 34.4 Å². The molecule has 1 aromatic carbocycles. The lowest BCUT2D eigenvalue weighted by Crippen LogP contribution is -2.19. The first-order chi connectivity index (χ1) is 10.6. The summed E-state index contributed by atoms with van der Waals surface area (Å²) in [5.74, 6) is -0.462. The molecule has 1 amide bonds. The minimum atomic E-state index is -0.463. The molecule has 7 heteroatoms. The molecule has 1 heterocycles. The van der Waals surface area contributed by atoms with Crippen molar-refractivity contribution in [1.29, 1.82) is 0 Å². The maximum atomic E-state index is 13.7. The fourth-order valence-corrected chi connectivity index (χ4v) is 2.37. The van der Waals surface area contributed by atoms with E-state index >= 15 is 0 Å². The van der Waals surface area contributed by atoms with E-state index in [0.29, 0.717) is 6.54 Å². The molecule has 1 aromatic heterocycles. The Morgan fingerprint density at radius 1 is 1.45 bits per heavy atom. The molecule has 0 unspecified atom stereocenters. The zero-order valence-electron chi connectivity index (χ0n) is 12.4. The van der Waals surface area contributed by atoms with E-state index < -0.39 is 5.95 Å². The molecule has 0 aliphatic heterocycles. The number of hydrazone groups is 1. The number of benzene rings is 1. The predicted molar refractivity (Wildman–Crippen MR) is 85.5 cm³/mol. The normalized spacial score (nSPS) is 11.0. The van der Waals surface area contributed by atoms with Crippen molar-refractivity contribution in [3.8, 4) is 0 Å². The zero-order chi connectivity index (χ0) is 15.9. The van der Waals surface area contributed by atoms with Gasteiger partial charge in [0.1, 0.15) is 0 Å². The number of nitrogens with one attached hydrogen (secondary N) is 1. The van der Waals surface area contributed by atoms with E-state index in [9.17, 15) is 9.18 Å². The lowest BCUT2D eigenvalue weighted by atomic mass is 10.2. The molecule has 1 N–H and O–H groups in total. The van der Waals surface area contributed by atoms with Crippen molar-refractivity contribution in [1.82, 2.24) is 15.2 Å². The molecule has 0 fully saturated rings. The molecular weight excluding hydrogens is 303 g/mol. The third-order valence-corrected chi connectivity index (χ3v) is 3.90. The highest BCUT2D eigenvalue weighted by Crippen LogP contribution is 2.17. The molecule has 116 valence electrons. The van der Waals surface area contributed by atoms with Crippen LogP contribution in [-0.2, 0) is 11.3 Å². The fourth-order valence-electron chi connectivity index (χ4n) is 1.68. The smallest absolute Gasteiger partial charge is 0.250 e. The number of hydrogen-bond donors (Lipinski definition) is 1. The van der Waals surface area contributed by atoms with Crippen LogP contribution in [0.3, 0.4) is 0 Å². The third-order valence-electron chi connectivity index (χ3n) is 2.88. The first-order valence-electron chi connectivity index (χ1n) is 6.83. The summed E-state index contributed by atoms with van der Waals surface area (Å²) in [5, 5.41) is 7.59. The molecule has 2 aromatic rings. The van der Waals surface area contributed by atoms with Gasteiger partial charge in [-0.05, 0) is 26.0 Å². The van der Waals surface area contributed by atoms with E-state index in [2.05, 4.69) is 15.6 Å². The SMILES string of the molecule is CCn1ncc(/C=N/NC(=O)CSc2ccc(C)cc2)c1F.